The molecule has 0 radical (unpaired) electrons. The molecule has 2 aliphatic heterocycles. The quantitative estimate of drug-likeness (QED) is 0.795. The first-order valence-electron chi connectivity index (χ1n) is 7.23. The topological polar surface area (TPSA) is 35.6 Å². The molecule has 0 aliphatic carbocycles. The van der Waals surface area contributed by atoms with Crippen LogP contribution in [0.3, 0.4) is 0 Å². The maximum Gasteiger partial charge on any atom is 0.256 e. The average Bonchev–Trinajstić information content (AvgIpc) is 2.45. The molecule has 1 aromatic carbocycles. The Morgan fingerprint density at radius 2 is 1.90 bits per heavy atom. The SMILES string of the molecule is C[C@H]1CCN(C)CCN2c3c(Cl)ccc(Cl)c3C(=O)NC12. The predicted molar refractivity (Wildman–Crippen MR) is 86.3 cm³/mol. The number of likely N-dealkylation sites (N-methyl/N-ethyl adjacent to an activating group) is 1. The number of halogens is 2. The van der Waals surface area contributed by atoms with Crippen molar-refractivity contribution in [1.82, 2.24) is 10.2 Å². The maximum atomic E-state index is 12.4. The monoisotopic (exact) mass is 327 g/mol. The molecular weight excluding hydrogens is 309 g/mol. The molecule has 1 unspecified atom stereocenters. The van der Waals surface area contributed by atoms with Gasteiger partial charge in [-0.05, 0) is 38.1 Å². The third kappa shape index (κ3) is 2.60. The summed E-state index contributed by atoms with van der Waals surface area (Å²) in [7, 11) is 2.12. The summed E-state index contributed by atoms with van der Waals surface area (Å²) in [6.45, 7) is 4.96. The van der Waals surface area contributed by atoms with E-state index in [0.717, 1.165) is 31.7 Å². The molecule has 0 saturated carbocycles. The van der Waals surface area contributed by atoms with Gasteiger partial charge in [0.05, 0.1) is 21.3 Å². The van der Waals surface area contributed by atoms with Crippen LogP contribution < -0.4 is 10.2 Å². The van der Waals surface area contributed by atoms with Crippen LogP contribution in [0.2, 0.25) is 10.0 Å². The van der Waals surface area contributed by atoms with Crippen molar-refractivity contribution in [2.45, 2.75) is 19.5 Å². The fourth-order valence-corrected chi connectivity index (χ4v) is 3.64. The zero-order valence-electron chi connectivity index (χ0n) is 12.2. The standard InChI is InChI=1S/C15H19Cl2N3O/c1-9-5-6-19(2)7-8-20-13-11(17)4-3-10(16)12(13)15(21)18-14(9)20/h3-4,9,14H,5-8H2,1-2H3,(H,18,21)/t9-,14?/m0/s1. The molecule has 1 saturated heterocycles. The molecule has 114 valence electrons. The van der Waals surface area contributed by atoms with Crippen LogP contribution in [0, 0.1) is 5.92 Å². The molecule has 3 rings (SSSR count). The third-order valence-corrected chi connectivity index (χ3v) is 5.05. The summed E-state index contributed by atoms with van der Waals surface area (Å²) in [6, 6.07) is 3.45. The van der Waals surface area contributed by atoms with E-state index in [-0.39, 0.29) is 12.1 Å². The van der Waals surface area contributed by atoms with Gasteiger partial charge in [0.25, 0.3) is 5.91 Å². The predicted octanol–water partition coefficient (Wildman–Crippen LogP) is 2.84. The number of amides is 1. The van der Waals surface area contributed by atoms with Crippen molar-refractivity contribution in [3.63, 3.8) is 0 Å². The van der Waals surface area contributed by atoms with Gasteiger partial charge in [0, 0.05) is 13.1 Å². The van der Waals surface area contributed by atoms with Crippen molar-refractivity contribution in [2.75, 3.05) is 31.6 Å². The van der Waals surface area contributed by atoms with E-state index in [9.17, 15) is 4.79 Å². The van der Waals surface area contributed by atoms with Gasteiger partial charge < -0.3 is 15.1 Å². The first-order chi connectivity index (χ1) is 9.99. The van der Waals surface area contributed by atoms with Crippen LogP contribution in [0.5, 0.6) is 0 Å². The highest BCUT2D eigenvalue weighted by Gasteiger charge is 2.37. The van der Waals surface area contributed by atoms with E-state index in [1.54, 1.807) is 12.1 Å². The second-order valence-electron chi connectivity index (χ2n) is 5.93. The number of hydrogen-bond acceptors (Lipinski definition) is 3. The van der Waals surface area contributed by atoms with Gasteiger partial charge in [-0.3, -0.25) is 4.79 Å². The van der Waals surface area contributed by atoms with Crippen molar-refractivity contribution in [1.29, 1.82) is 0 Å². The number of rotatable bonds is 0. The van der Waals surface area contributed by atoms with Gasteiger partial charge in [-0.2, -0.15) is 0 Å². The Morgan fingerprint density at radius 1 is 1.19 bits per heavy atom. The summed E-state index contributed by atoms with van der Waals surface area (Å²) in [6.07, 6.45) is 1.01. The number of benzene rings is 1. The number of hydrogen-bond donors (Lipinski definition) is 1. The lowest BCUT2D eigenvalue weighted by Gasteiger charge is -2.45. The van der Waals surface area contributed by atoms with Gasteiger partial charge in [-0.25, -0.2) is 0 Å². The average molecular weight is 328 g/mol. The molecule has 4 nitrogen and oxygen atoms in total. The lowest BCUT2D eigenvalue weighted by atomic mass is 9.96. The molecule has 1 amide bonds. The summed E-state index contributed by atoms with van der Waals surface area (Å²) in [5.41, 5.74) is 1.27. The Balaban J connectivity index is 2.09. The molecule has 6 heteroatoms. The molecule has 1 fully saturated rings. The molecule has 2 atom stereocenters. The molecule has 1 N–H and O–H groups in total. The van der Waals surface area contributed by atoms with Gasteiger partial charge in [0.1, 0.15) is 6.17 Å². The van der Waals surface area contributed by atoms with Crippen LogP contribution in [0.25, 0.3) is 0 Å². The molecule has 0 bridgehead atoms. The van der Waals surface area contributed by atoms with Crippen LogP contribution in [-0.4, -0.2) is 43.7 Å². The number of nitrogens with zero attached hydrogens (tertiary/aromatic N) is 2. The van der Waals surface area contributed by atoms with Crippen LogP contribution >= 0.6 is 23.2 Å². The molecule has 1 aromatic rings. The van der Waals surface area contributed by atoms with E-state index < -0.39 is 0 Å². The van der Waals surface area contributed by atoms with Crippen LogP contribution in [0.15, 0.2) is 12.1 Å². The summed E-state index contributed by atoms with van der Waals surface area (Å²) in [5.74, 6) is 0.222. The van der Waals surface area contributed by atoms with Crippen molar-refractivity contribution in [2.24, 2.45) is 5.92 Å². The Labute approximate surface area is 135 Å². The van der Waals surface area contributed by atoms with Crippen LogP contribution in [0.1, 0.15) is 23.7 Å². The number of carbonyl (C=O) groups is 1. The smallest absolute Gasteiger partial charge is 0.256 e. The number of carbonyl (C=O) groups excluding carboxylic acids is 1. The highest BCUT2D eigenvalue weighted by Crippen LogP contribution is 2.39. The van der Waals surface area contributed by atoms with E-state index in [2.05, 4.69) is 29.1 Å². The fourth-order valence-electron chi connectivity index (χ4n) is 3.13. The maximum absolute atomic E-state index is 12.4. The fraction of sp³-hybridized carbons (Fsp3) is 0.533. The first kappa shape index (κ1) is 14.9. The number of anilines is 1. The lowest BCUT2D eigenvalue weighted by molar-refractivity contribution is 0.0901. The number of fused-ring (bicyclic) bond motifs is 3. The van der Waals surface area contributed by atoms with Crippen LogP contribution in [-0.2, 0) is 0 Å². The van der Waals surface area contributed by atoms with Gasteiger partial charge in [-0.15, -0.1) is 0 Å². The van der Waals surface area contributed by atoms with E-state index >= 15 is 0 Å². The van der Waals surface area contributed by atoms with E-state index in [4.69, 9.17) is 23.2 Å². The molecule has 21 heavy (non-hydrogen) atoms. The minimum atomic E-state index is -0.125. The zero-order valence-corrected chi connectivity index (χ0v) is 13.7. The largest absolute Gasteiger partial charge is 0.348 e. The third-order valence-electron chi connectivity index (χ3n) is 4.43. The Morgan fingerprint density at radius 3 is 2.67 bits per heavy atom. The van der Waals surface area contributed by atoms with Crippen molar-refractivity contribution < 1.29 is 4.79 Å². The second-order valence-corrected chi connectivity index (χ2v) is 6.75. The van der Waals surface area contributed by atoms with E-state index in [1.807, 2.05) is 0 Å². The van der Waals surface area contributed by atoms with Gasteiger partial charge in [0.15, 0.2) is 0 Å². The van der Waals surface area contributed by atoms with Gasteiger partial charge in [-0.1, -0.05) is 30.1 Å². The molecule has 0 aromatic heterocycles. The molecule has 2 aliphatic rings. The van der Waals surface area contributed by atoms with E-state index in [1.165, 1.54) is 0 Å². The minimum Gasteiger partial charge on any atom is -0.348 e. The minimum absolute atomic E-state index is 0.0188. The summed E-state index contributed by atoms with van der Waals surface area (Å²) < 4.78 is 0. The zero-order chi connectivity index (χ0) is 15.1. The van der Waals surface area contributed by atoms with Gasteiger partial charge in [0.2, 0.25) is 0 Å². The molecule has 0 spiro atoms. The van der Waals surface area contributed by atoms with Crippen LogP contribution in [0.4, 0.5) is 5.69 Å². The van der Waals surface area contributed by atoms with Gasteiger partial charge >= 0.3 is 0 Å². The normalized spacial score (nSPS) is 26.5. The Hall–Kier alpha value is -0.970. The molecule has 2 heterocycles. The summed E-state index contributed by atoms with van der Waals surface area (Å²) >= 11 is 12.6. The number of nitrogens with one attached hydrogen (secondary N) is 1. The highest BCUT2D eigenvalue weighted by atomic mass is 35.5. The Kier molecular flexibility index (Phi) is 4.04. The first-order valence-corrected chi connectivity index (χ1v) is 7.98. The lowest BCUT2D eigenvalue weighted by Crippen LogP contribution is -2.59. The highest BCUT2D eigenvalue weighted by molar-refractivity contribution is 6.38. The summed E-state index contributed by atoms with van der Waals surface area (Å²) in [4.78, 5) is 16.9. The molecular formula is C15H19Cl2N3O. The van der Waals surface area contributed by atoms with Crippen molar-refractivity contribution in [3.8, 4) is 0 Å². The van der Waals surface area contributed by atoms with E-state index in [0.29, 0.717) is 21.5 Å². The van der Waals surface area contributed by atoms with Crippen molar-refractivity contribution >= 4 is 34.8 Å². The summed E-state index contributed by atoms with van der Waals surface area (Å²) in [5, 5.41) is 4.14. The van der Waals surface area contributed by atoms with Crippen molar-refractivity contribution in [3.05, 3.63) is 27.7 Å². The second kappa shape index (κ2) is 5.67. The Bertz CT molecular complexity index is 578.